The van der Waals surface area contributed by atoms with E-state index in [4.69, 9.17) is 4.74 Å². The van der Waals surface area contributed by atoms with E-state index in [0.29, 0.717) is 28.7 Å². The van der Waals surface area contributed by atoms with Gasteiger partial charge in [-0.15, -0.1) is 0 Å². The van der Waals surface area contributed by atoms with Gasteiger partial charge >= 0.3 is 0 Å². The Bertz CT molecular complexity index is 1060. The fraction of sp³-hybridized carbons (Fsp3) is 0.478. The van der Waals surface area contributed by atoms with Crippen molar-refractivity contribution in [2.45, 2.75) is 51.0 Å². The van der Waals surface area contributed by atoms with E-state index in [9.17, 15) is 0 Å². The average Bonchev–Trinajstić information content (AvgIpc) is 3.22. The summed E-state index contributed by atoms with van der Waals surface area (Å²) in [6.07, 6.45) is 8.71. The second-order valence-electron chi connectivity index (χ2n) is 8.29. The summed E-state index contributed by atoms with van der Waals surface area (Å²) >= 11 is 0. The zero-order valence-corrected chi connectivity index (χ0v) is 17.6. The van der Waals surface area contributed by atoms with Crippen LogP contribution in [0.15, 0.2) is 18.3 Å². The van der Waals surface area contributed by atoms with Crippen LogP contribution in [0, 0.1) is 5.82 Å². The number of pyridine rings is 1. The minimum absolute atomic E-state index is 0.328. The number of halogens is 1. The number of fused-ring (bicyclic) bond motifs is 2. The Kier molecular flexibility index (Phi) is 5.06. The van der Waals surface area contributed by atoms with Gasteiger partial charge in [-0.2, -0.15) is 5.10 Å². The molecule has 3 heterocycles. The lowest BCUT2D eigenvalue weighted by Crippen LogP contribution is -2.22. The van der Waals surface area contributed by atoms with E-state index in [1.165, 1.54) is 19.3 Å². The Morgan fingerprint density at radius 2 is 2.07 bits per heavy atom. The highest BCUT2D eigenvalue weighted by molar-refractivity contribution is 5.89. The van der Waals surface area contributed by atoms with Crippen molar-refractivity contribution in [2.75, 3.05) is 26.0 Å². The zero-order valence-electron chi connectivity index (χ0n) is 17.6. The summed E-state index contributed by atoms with van der Waals surface area (Å²) in [6, 6.07) is 4.03. The second-order valence-corrected chi connectivity index (χ2v) is 8.29. The van der Waals surface area contributed by atoms with E-state index in [-0.39, 0.29) is 5.82 Å². The highest BCUT2D eigenvalue weighted by Gasteiger charge is 2.25. The summed E-state index contributed by atoms with van der Waals surface area (Å²) in [6.45, 7) is 1.64. The first-order valence-corrected chi connectivity index (χ1v) is 10.9. The maximum Gasteiger partial charge on any atom is 0.178 e. The first kappa shape index (κ1) is 19.3. The molecule has 6 nitrogen and oxygen atoms in total. The largest absolute Gasteiger partial charge is 0.494 e. The molecule has 158 valence electrons. The maximum absolute atomic E-state index is 16.0. The van der Waals surface area contributed by atoms with Crippen LogP contribution in [0.25, 0.3) is 16.6 Å². The first-order chi connectivity index (χ1) is 14.7. The molecule has 5 rings (SSSR count). The number of nitrogens with one attached hydrogen (secondary N) is 2. The Morgan fingerprint density at radius 1 is 1.23 bits per heavy atom. The van der Waals surface area contributed by atoms with Crippen molar-refractivity contribution in [3.63, 3.8) is 0 Å². The molecule has 2 N–H and O–H groups in total. The number of anilines is 1. The van der Waals surface area contributed by atoms with E-state index in [0.717, 1.165) is 54.6 Å². The number of benzene rings is 1. The number of nitrogens with zero attached hydrogens (tertiary/aromatic N) is 3. The van der Waals surface area contributed by atoms with Crippen molar-refractivity contribution in [1.29, 1.82) is 0 Å². The van der Waals surface area contributed by atoms with Crippen LogP contribution in [0.1, 0.15) is 54.8 Å². The molecular weight excluding hydrogens is 381 g/mol. The molecule has 0 radical (unpaired) electrons. The van der Waals surface area contributed by atoms with Crippen LogP contribution in [0.5, 0.6) is 5.75 Å². The van der Waals surface area contributed by atoms with Gasteiger partial charge in [0, 0.05) is 43.7 Å². The van der Waals surface area contributed by atoms with Gasteiger partial charge < -0.3 is 15.4 Å². The average molecular weight is 410 g/mol. The molecule has 0 amide bonds. The Hall–Kier alpha value is -2.67. The van der Waals surface area contributed by atoms with E-state index in [1.54, 1.807) is 11.8 Å². The minimum Gasteiger partial charge on any atom is -0.494 e. The standard InChI is InChI=1S/C23H28FN5O/c1-25-20-11-16(14-6-4-3-5-7-14)17-10-19(30-2)23(21(24)22(17)27-20)29-13-15-12-26-9-8-18(15)28-29/h10-11,13-14,26H,3-9,12H2,1-2H3,(H,25,27). The van der Waals surface area contributed by atoms with Crippen LogP contribution in [0.4, 0.5) is 10.2 Å². The van der Waals surface area contributed by atoms with Gasteiger partial charge in [-0.1, -0.05) is 19.3 Å². The molecule has 30 heavy (non-hydrogen) atoms. The number of hydrogen-bond acceptors (Lipinski definition) is 5. The maximum atomic E-state index is 16.0. The second kappa shape index (κ2) is 7.87. The van der Waals surface area contributed by atoms with Crippen molar-refractivity contribution in [1.82, 2.24) is 20.1 Å². The lowest BCUT2D eigenvalue weighted by atomic mass is 9.82. The minimum atomic E-state index is -0.383. The Balaban J connectivity index is 1.72. The molecule has 7 heteroatoms. The number of rotatable bonds is 4. The molecular formula is C23H28FN5O. The third-order valence-corrected chi connectivity index (χ3v) is 6.50. The SMILES string of the molecule is CNc1cc(C2CCCCC2)c2cc(OC)c(-n3cc4c(n3)CCNC4)c(F)c2n1. The van der Waals surface area contributed by atoms with Gasteiger partial charge in [0.2, 0.25) is 0 Å². The topological polar surface area (TPSA) is 64.0 Å². The van der Waals surface area contributed by atoms with Gasteiger partial charge in [-0.3, -0.25) is 0 Å². The van der Waals surface area contributed by atoms with Gasteiger partial charge in [0.05, 0.1) is 12.8 Å². The third kappa shape index (κ3) is 3.21. The lowest BCUT2D eigenvalue weighted by Gasteiger charge is -2.24. The fourth-order valence-electron chi connectivity index (χ4n) is 4.91. The van der Waals surface area contributed by atoms with Crippen molar-refractivity contribution in [3.05, 3.63) is 41.0 Å². The molecule has 1 aromatic carbocycles. The van der Waals surface area contributed by atoms with Crippen LogP contribution < -0.4 is 15.4 Å². The summed E-state index contributed by atoms with van der Waals surface area (Å²) in [4.78, 5) is 4.60. The van der Waals surface area contributed by atoms with Gasteiger partial charge in [0.25, 0.3) is 0 Å². The van der Waals surface area contributed by atoms with E-state index in [2.05, 4.69) is 26.8 Å². The molecule has 2 aliphatic rings. The molecule has 0 unspecified atom stereocenters. The molecule has 0 saturated heterocycles. The third-order valence-electron chi connectivity index (χ3n) is 6.50. The summed E-state index contributed by atoms with van der Waals surface area (Å²) in [5.41, 5.74) is 3.98. The van der Waals surface area contributed by atoms with Crippen LogP contribution in [-0.2, 0) is 13.0 Å². The Morgan fingerprint density at radius 3 is 2.80 bits per heavy atom. The summed E-state index contributed by atoms with van der Waals surface area (Å²) in [7, 11) is 3.42. The summed E-state index contributed by atoms with van der Waals surface area (Å²) in [5.74, 6) is 1.23. The molecule has 0 spiro atoms. The van der Waals surface area contributed by atoms with Gasteiger partial charge in [-0.05, 0) is 36.5 Å². The Labute approximate surface area is 175 Å². The summed E-state index contributed by atoms with van der Waals surface area (Å²) in [5, 5.41) is 12.0. The van der Waals surface area contributed by atoms with Crippen molar-refractivity contribution < 1.29 is 9.13 Å². The van der Waals surface area contributed by atoms with Crippen LogP contribution in [0.3, 0.4) is 0 Å². The molecule has 2 aromatic heterocycles. The zero-order chi connectivity index (χ0) is 20.7. The summed E-state index contributed by atoms with van der Waals surface area (Å²) < 4.78 is 23.3. The van der Waals surface area contributed by atoms with E-state index < -0.39 is 0 Å². The first-order valence-electron chi connectivity index (χ1n) is 10.9. The van der Waals surface area contributed by atoms with Gasteiger partial charge in [0.1, 0.15) is 22.8 Å². The van der Waals surface area contributed by atoms with Crippen LogP contribution >= 0.6 is 0 Å². The number of hydrogen-bond donors (Lipinski definition) is 2. The van der Waals surface area contributed by atoms with Crippen molar-refractivity contribution in [2.24, 2.45) is 0 Å². The van der Waals surface area contributed by atoms with E-state index >= 15 is 4.39 Å². The van der Waals surface area contributed by atoms with Crippen molar-refractivity contribution >= 4 is 16.7 Å². The highest BCUT2D eigenvalue weighted by Crippen LogP contribution is 2.41. The van der Waals surface area contributed by atoms with Crippen LogP contribution in [0.2, 0.25) is 0 Å². The molecule has 1 aliphatic heterocycles. The number of ether oxygens (including phenoxy) is 1. The van der Waals surface area contributed by atoms with Crippen molar-refractivity contribution in [3.8, 4) is 11.4 Å². The van der Waals surface area contributed by atoms with E-state index in [1.807, 2.05) is 19.3 Å². The monoisotopic (exact) mass is 409 g/mol. The molecule has 0 atom stereocenters. The predicted molar refractivity (Wildman–Crippen MR) is 116 cm³/mol. The number of methoxy groups -OCH3 is 1. The smallest absolute Gasteiger partial charge is 0.178 e. The molecule has 1 aliphatic carbocycles. The molecule has 0 bridgehead atoms. The molecule has 1 fully saturated rings. The normalized spacial score (nSPS) is 17.2. The predicted octanol–water partition coefficient (Wildman–Crippen LogP) is 4.30. The number of aromatic nitrogens is 3. The van der Waals surface area contributed by atoms with Gasteiger partial charge in [0.15, 0.2) is 5.82 Å². The van der Waals surface area contributed by atoms with Gasteiger partial charge in [-0.25, -0.2) is 14.1 Å². The molecule has 1 saturated carbocycles. The lowest BCUT2D eigenvalue weighted by molar-refractivity contribution is 0.408. The van der Waals surface area contributed by atoms with Crippen LogP contribution in [-0.4, -0.2) is 35.5 Å². The molecule has 3 aromatic rings. The highest BCUT2D eigenvalue weighted by atomic mass is 19.1. The quantitative estimate of drug-likeness (QED) is 0.673. The fourth-order valence-corrected chi connectivity index (χ4v) is 4.91.